The van der Waals surface area contributed by atoms with Crippen LogP contribution in [0.2, 0.25) is 0 Å². The van der Waals surface area contributed by atoms with Gasteiger partial charge in [0.25, 0.3) is 0 Å². The molecule has 0 bridgehead atoms. The Morgan fingerprint density at radius 3 is 2.60 bits per heavy atom. The van der Waals surface area contributed by atoms with Crippen LogP contribution in [0.15, 0.2) is 55.0 Å². The number of rotatable bonds is 7. The van der Waals surface area contributed by atoms with Crippen molar-refractivity contribution in [2.75, 3.05) is 44.9 Å². The topological polar surface area (TPSA) is 67.7 Å². The van der Waals surface area contributed by atoms with Gasteiger partial charge in [-0.05, 0) is 18.2 Å². The van der Waals surface area contributed by atoms with Crippen LogP contribution >= 0.6 is 0 Å². The first-order valence-corrected chi connectivity index (χ1v) is 8.24. The third-order valence-electron chi connectivity index (χ3n) is 3.62. The van der Waals surface area contributed by atoms with E-state index in [0.29, 0.717) is 5.95 Å². The molecule has 2 heterocycles. The van der Waals surface area contributed by atoms with Gasteiger partial charge in [-0.3, -0.25) is 0 Å². The Morgan fingerprint density at radius 1 is 1.04 bits per heavy atom. The number of likely N-dealkylation sites (N-methyl/N-ethyl adjacent to an activating group) is 1. The Kier molecular flexibility index (Phi) is 4.95. The summed E-state index contributed by atoms with van der Waals surface area (Å²) in [6.45, 7) is 1.87. The number of pyridine rings is 1. The quantitative estimate of drug-likeness (QED) is 0.648. The highest BCUT2D eigenvalue weighted by Gasteiger charge is 2.07. The summed E-state index contributed by atoms with van der Waals surface area (Å²) in [5, 5.41) is 11.0. The number of quaternary nitrogens is 1. The van der Waals surface area contributed by atoms with Crippen molar-refractivity contribution >= 4 is 17.5 Å². The number of hydrogen-bond donors (Lipinski definition) is 2. The van der Waals surface area contributed by atoms with E-state index in [1.54, 1.807) is 17.2 Å². The highest BCUT2D eigenvalue weighted by Crippen LogP contribution is 2.14. The lowest BCUT2D eigenvalue weighted by molar-refractivity contribution is -0.868. The number of aromatic nitrogens is 4. The summed E-state index contributed by atoms with van der Waals surface area (Å²) < 4.78 is 2.64. The van der Waals surface area contributed by atoms with Crippen molar-refractivity contribution in [3.63, 3.8) is 0 Å². The van der Waals surface area contributed by atoms with Gasteiger partial charge in [-0.1, -0.05) is 18.2 Å². The maximum Gasteiger partial charge on any atom is 0.246 e. The lowest BCUT2D eigenvalue weighted by Gasteiger charge is -2.23. The summed E-state index contributed by atoms with van der Waals surface area (Å²) >= 11 is 0. The molecule has 0 atom stereocenters. The van der Waals surface area contributed by atoms with Gasteiger partial charge >= 0.3 is 0 Å². The molecule has 0 aliphatic rings. The molecule has 25 heavy (non-hydrogen) atoms. The van der Waals surface area contributed by atoms with Crippen molar-refractivity contribution in [3.8, 4) is 5.69 Å². The van der Waals surface area contributed by atoms with Gasteiger partial charge in [0, 0.05) is 18.0 Å². The van der Waals surface area contributed by atoms with Crippen LogP contribution in [0.1, 0.15) is 0 Å². The molecule has 2 N–H and O–H groups in total. The van der Waals surface area contributed by atoms with Gasteiger partial charge in [0.15, 0.2) is 0 Å². The van der Waals surface area contributed by atoms with Crippen LogP contribution in [0.25, 0.3) is 5.69 Å². The van der Waals surface area contributed by atoms with E-state index in [9.17, 15) is 0 Å². The van der Waals surface area contributed by atoms with Crippen LogP contribution in [-0.2, 0) is 0 Å². The van der Waals surface area contributed by atoms with E-state index in [1.807, 2.05) is 42.5 Å². The molecule has 2 aromatic heterocycles. The average molecular weight is 338 g/mol. The Morgan fingerprint density at radius 2 is 1.84 bits per heavy atom. The molecule has 0 amide bonds. The molecule has 0 fully saturated rings. The highest BCUT2D eigenvalue weighted by molar-refractivity contribution is 5.52. The number of benzene rings is 1. The van der Waals surface area contributed by atoms with Crippen LogP contribution < -0.4 is 10.6 Å². The monoisotopic (exact) mass is 338 g/mol. The van der Waals surface area contributed by atoms with E-state index < -0.39 is 0 Å². The maximum absolute atomic E-state index is 4.47. The largest absolute Gasteiger partial charge is 0.364 e. The van der Waals surface area contributed by atoms with Crippen molar-refractivity contribution < 1.29 is 4.48 Å². The van der Waals surface area contributed by atoms with E-state index in [0.717, 1.165) is 34.8 Å². The molecule has 0 aliphatic heterocycles. The fourth-order valence-corrected chi connectivity index (χ4v) is 2.27. The van der Waals surface area contributed by atoms with Crippen LogP contribution in [0.4, 0.5) is 17.5 Å². The fourth-order valence-electron chi connectivity index (χ4n) is 2.27. The highest BCUT2D eigenvalue weighted by atomic mass is 15.4. The Balaban J connectivity index is 1.67. The maximum atomic E-state index is 4.47. The van der Waals surface area contributed by atoms with Gasteiger partial charge in [0.05, 0.1) is 39.9 Å². The second-order valence-corrected chi connectivity index (χ2v) is 6.84. The van der Waals surface area contributed by atoms with Crippen molar-refractivity contribution in [1.82, 2.24) is 19.7 Å². The van der Waals surface area contributed by atoms with Gasteiger partial charge in [-0.25, -0.2) is 9.67 Å². The zero-order valence-corrected chi connectivity index (χ0v) is 14.8. The lowest BCUT2D eigenvalue weighted by Crippen LogP contribution is -2.38. The van der Waals surface area contributed by atoms with E-state index in [4.69, 9.17) is 0 Å². The van der Waals surface area contributed by atoms with E-state index in [2.05, 4.69) is 46.8 Å². The molecule has 7 heteroatoms. The van der Waals surface area contributed by atoms with E-state index in [1.165, 1.54) is 0 Å². The van der Waals surface area contributed by atoms with Crippen LogP contribution in [0.5, 0.6) is 0 Å². The van der Waals surface area contributed by atoms with Crippen LogP contribution in [0, 0.1) is 0 Å². The molecule has 0 spiro atoms. The van der Waals surface area contributed by atoms with Gasteiger partial charge in [-0.15, -0.1) is 5.10 Å². The molecule has 0 aliphatic carbocycles. The molecule has 3 rings (SSSR count). The first-order valence-electron chi connectivity index (χ1n) is 8.24. The number of nitrogens with one attached hydrogen (secondary N) is 2. The Hall–Kier alpha value is -2.93. The van der Waals surface area contributed by atoms with Crippen LogP contribution in [0.3, 0.4) is 0 Å². The third-order valence-corrected chi connectivity index (χ3v) is 3.62. The molecule has 0 unspecified atom stereocenters. The molecule has 1 aromatic carbocycles. The zero-order chi connectivity index (χ0) is 17.7. The first kappa shape index (κ1) is 16.9. The van der Waals surface area contributed by atoms with Crippen molar-refractivity contribution in [2.45, 2.75) is 0 Å². The third kappa shape index (κ3) is 5.02. The van der Waals surface area contributed by atoms with Crippen LogP contribution in [-0.4, -0.2) is 58.5 Å². The van der Waals surface area contributed by atoms with E-state index >= 15 is 0 Å². The molecule has 7 nitrogen and oxygen atoms in total. The Labute approximate surface area is 147 Å². The SMILES string of the molecule is C[N+](C)(C)CCNc1cc(-n2cnc(Nc3ccccc3)n2)ccn1. The summed E-state index contributed by atoms with van der Waals surface area (Å²) in [5.41, 5.74) is 1.87. The number of para-hydroxylation sites is 1. The summed E-state index contributed by atoms with van der Waals surface area (Å²) in [4.78, 5) is 8.67. The predicted molar refractivity (Wildman–Crippen MR) is 100 cm³/mol. The summed E-state index contributed by atoms with van der Waals surface area (Å²) in [7, 11) is 6.51. The number of hydrogen-bond acceptors (Lipinski definition) is 5. The van der Waals surface area contributed by atoms with Gasteiger partial charge in [0.1, 0.15) is 12.1 Å². The van der Waals surface area contributed by atoms with Crippen molar-refractivity contribution in [2.24, 2.45) is 0 Å². The van der Waals surface area contributed by atoms with Gasteiger partial charge in [0.2, 0.25) is 5.95 Å². The zero-order valence-electron chi connectivity index (χ0n) is 14.8. The second kappa shape index (κ2) is 7.31. The minimum absolute atomic E-state index is 0.558. The molecule has 130 valence electrons. The van der Waals surface area contributed by atoms with Crippen molar-refractivity contribution in [3.05, 3.63) is 55.0 Å². The summed E-state index contributed by atoms with van der Waals surface area (Å²) in [6.07, 6.45) is 3.46. The fraction of sp³-hybridized carbons (Fsp3) is 0.278. The number of anilines is 3. The summed E-state index contributed by atoms with van der Waals surface area (Å²) in [5.74, 6) is 1.39. The normalized spacial score (nSPS) is 11.3. The minimum Gasteiger partial charge on any atom is -0.364 e. The molecule has 0 radical (unpaired) electrons. The molecule has 0 saturated carbocycles. The molecular formula is C18H24N7+. The smallest absolute Gasteiger partial charge is 0.246 e. The average Bonchev–Trinajstić information content (AvgIpc) is 3.03. The Bertz CT molecular complexity index is 806. The predicted octanol–water partition coefficient (Wildman–Crippen LogP) is 2.52. The van der Waals surface area contributed by atoms with Gasteiger partial charge in [-0.2, -0.15) is 4.98 Å². The second-order valence-electron chi connectivity index (χ2n) is 6.84. The van der Waals surface area contributed by atoms with E-state index in [-0.39, 0.29) is 0 Å². The van der Waals surface area contributed by atoms with Crippen molar-refractivity contribution in [1.29, 1.82) is 0 Å². The molecule has 3 aromatic rings. The lowest BCUT2D eigenvalue weighted by atomic mass is 10.3. The minimum atomic E-state index is 0.558. The van der Waals surface area contributed by atoms with Gasteiger partial charge < -0.3 is 15.1 Å². The molecular weight excluding hydrogens is 314 g/mol. The summed E-state index contributed by atoms with van der Waals surface area (Å²) in [6, 6.07) is 13.7. The standard InChI is InChI=1S/C18H24N7/c1-25(2,3)12-11-20-17-13-16(9-10-19-17)24-14-21-18(23-24)22-15-7-5-4-6-8-15/h4-10,13-14H,11-12H2,1-3H3,(H,19,20)(H,22,23)/q+1. The molecule has 0 saturated heterocycles. The first-order chi connectivity index (χ1) is 12.0. The number of nitrogens with zero attached hydrogens (tertiary/aromatic N) is 5.